The molecular formula is C69H102N16O27. The minimum Gasteiger partial charge on any atom is -0.481 e. The molecule has 1 aromatic carbocycles. The van der Waals surface area contributed by atoms with Crippen LogP contribution < -0.4 is 75.3 Å². The third kappa shape index (κ3) is 30.9. The Labute approximate surface area is 641 Å². The van der Waals surface area contributed by atoms with Crippen LogP contribution in [0.1, 0.15) is 132 Å². The van der Waals surface area contributed by atoms with Crippen molar-refractivity contribution in [1.29, 1.82) is 0 Å². The van der Waals surface area contributed by atoms with Crippen LogP contribution in [0.4, 0.5) is 0 Å². The highest BCUT2D eigenvalue weighted by Crippen LogP contribution is 2.21. The predicted octanol–water partition coefficient (Wildman–Crippen LogP) is -6.47. The van der Waals surface area contributed by atoms with Crippen LogP contribution in [-0.2, 0) is 112 Å². The lowest BCUT2D eigenvalue weighted by molar-refractivity contribution is -0.159. The zero-order valence-electron chi connectivity index (χ0n) is 63.4. The fourth-order valence-corrected chi connectivity index (χ4v) is 11.3. The molecule has 2 aromatic rings. The molecule has 2 heterocycles. The van der Waals surface area contributed by atoms with Gasteiger partial charge >= 0.3 is 29.8 Å². The Kier molecular flexibility index (Phi) is 38.1. The Morgan fingerprint density at radius 1 is 0.616 bits per heavy atom. The van der Waals surface area contributed by atoms with Crippen molar-refractivity contribution in [2.45, 2.75) is 217 Å². The van der Waals surface area contributed by atoms with E-state index < -0.39 is 260 Å². The first-order chi connectivity index (χ1) is 52.4. The van der Waals surface area contributed by atoms with Gasteiger partial charge in [0.2, 0.25) is 88.6 Å². The van der Waals surface area contributed by atoms with Gasteiger partial charge < -0.3 is 120 Å². The molecule has 22 N–H and O–H groups in total. The van der Waals surface area contributed by atoms with Gasteiger partial charge in [-0.05, 0) is 63.0 Å². The predicted molar refractivity (Wildman–Crippen MR) is 386 cm³/mol. The number of nitrogens with zero attached hydrogens (tertiary/aromatic N) is 1. The van der Waals surface area contributed by atoms with Crippen molar-refractivity contribution in [2.24, 2.45) is 29.2 Å². The quantitative estimate of drug-likeness (QED) is 0.0239. The van der Waals surface area contributed by atoms with E-state index in [1.807, 2.05) is 16.0 Å². The maximum absolute atomic E-state index is 14.9. The van der Waals surface area contributed by atoms with Crippen LogP contribution in [0.25, 0.3) is 10.9 Å². The number of H-pyrrole nitrogens is 1. The number of nitrogens with one attached hydrogen (secondary N) is 13. The van der Waals surface area contributed by atoms with E-state index in [9.17, 15) is 121 Å². The second kappa shape index (κ2) is 45.3. The number of amides is 15. The molecule has 0 bridgehead atoms. The molecule has 620 valence electrons. The van der Waals surface area contributed by atoms with Gasteiger partial charge in [0.15, 0.2) is 12.2 Å². The summed E-state index contributed by atoms with van der Waals surface area (Å²) in [6.07, 6.45) is -6.88. The molecule has 1 aromatic heterocycles. The Morgan fingerprint density at radius 3 is 1.79 bits per heavy atom. The number of unbranched alkanes of at least 4 members (excludes halogenated alkanes) is 3. The fraction of sp³-hybridized carbons (Fsp3) is 0.594. The summed E-state index contributed by atoms with van der Waals surface area (Å²) < 4.78 is 10.6. The molecule has 0 aliphatic carbocycles. The molecule has 112 heavy (non-hydrogen) atoms. The van der Waals surface area contributed by atoms with Gasteiger partial charge in [0.05, 0.1) is 32.4 Å². The zero-order chi connectivity index (χ0) is 84.7. The van der Waals surface area contributed by atoms with E-state index in [0.717, 1.165) is 61.1 Å². The van der Waals surface area contributed by atoms with E-state index in [-0.39, 0.29) is 12.8 Å². The second-order valence-electron chi connectivity index (χ2n) is 27.6. The molecule has 15 atom stereocenters. The molecule has 1 aliphatic heterocycles. The molecule has 3 rings (SSSR count). The first-order valence-corrected chi connectivity index (χ1v) is 35.6. The Bertz CT molecular complexity index is 3790. The van der Waals surface area contributed by atoms with Crippen LogP contribution in [0.15, 0.2) is 30.5 Å². The first kappa shape index (κ1) is 94.3. The number of methoxy groups -OCH3 is 1. The van der Waals surface area contributed by atoms with Crippen molar-refractivity contribution >= 4 is 129 Å². The number of carbonyl (C=O) groups is 20. The molecule has 1 fully saturated rings. The standard InChI is InChI=1S/C69H102N16O27/c1-30(2)17-13-11-12-14-20-44(87)76-40(24-36-27-72-38-19-16-15-18-37(36)38)62(102)78-39(21-22-47(90)91)60(100)83-53(55(96)57(71)97)66(106)82-52-35(8)112-69(110)50(31(3)4)80-65(105)51(32(5)23-48(92)93)81-63(103)41(25-43(70)86)77-45(88)28-73-64(104)54(56(111-10)68(108)109)84-59(99)34(7)75-61(101)42(26-49(94)95)79-58(98)33(6)74-46(89)29-85(9)67(52)107/h15-16,18-19,27,30-35,39-42,50-56,72,96H,11-14,17,20-26,28-29H2,1-10H3,(H2,70,86)(H2,71,97)(H,73,104)(H,74,89)(H,75,101)(H,76,87)(H,77,88)(H,78,102)(H,79,98)(H,80,105)(H,81,103)(H,82,106)(H,83,100)(H,84,99)(H,90,91)(H,92,93)(H,94,95)(H,108,109). The number of rotatable bonds is 32. The lowest BCUT2D eigenvalue weighted by Crippen LogP contribution is -2.64. The molecule has 1 saturated heterocycles. The Balaban J connectivity index is 2.24. The van der Waals surface area contributed by atoms with E-state index in [2.05, 4.69) is 66.7 Å². The molecule has 15 unspecified atom stereocenters. The van der Waals surface area contributed by atoms with Crippen molar-refractivity contribution in [3.8, 4) is 0 Å². The number of likely N-dealkylation sites (N-methyl/N-ethyl adjacent to an activating group) is 1. The normalized spacial score (nSPS) is 22.3. The number of ether oxygens (including phenoxy) is 2. The van der Waals surface area contributed by atoms with Gasteiger partial charge in [0.1, 0.15) is 72.6 Å². The number of aromatic nitrogens is 1. The van der Waals surface area contributed by atoms with Crippen LogP contribution in [0.3, 0.4) is 0 Å². The lowest BCUT2D eigenvalue weighted by Gasteiger charge is -2.32. The largest absolute Gasteiger partial charge is 0.481 e. The number of benzene rings is 1. The summed E-state index contributed by atoms with van der Waals surface area (Å²) in [6, 6.07) is -15.7. The number of carbonyl (C=O) groups excluding carboxylic acids is 16. The number of hydrogen-bond acceptors (Lipinski definition) is 23. The molecule has 0 saturated carbocycles. The van der Waals surface area contributed by atoms with Gasteiger partial charge in [0.25, 0.3) is 0 Å². The molecule has 0 spiro atoms. The van der Waals surface area contributed by atoms with Crippen LogP contribution >= 0.6 is 0 Å². The highest BCUT2D eigenvalue weighted by atomic mass is 16.5. The fourth-order valence-electron chi connectivity index (χ4n) is 11.3. The highest BCUT2D eigenvalue weighted by Gasteiger charge is 2.44. The number of para-hydroxylation sites is 1. The number of primary amides is 2. The van der Waals surface area contributed by atoms with Crippen LogP contribution in [0.2, 0.25) is 0 Å². The van der Waals surface area contributed by atoms with Crippen LogP contribution in [0.5, 0.6) is 0 Å². The number of carboxylic acids is 4. The number of carboxylic acid groups (broad SMARTS) is 4. The zero-order valence-corrected chi connectivity index (χ0v) is 63.4. The van der Waals surface area contributed by atoms with Gasteiger partial charge in [0, 0.05) is 50.5 Å². The molecule has 43 heteroatoms. The number of esters is 1. The summed E-state index contributed by atoms with van der Waals surface area (Å²) in [5, 5.41) is 77.3. The molecule has 15 amide bonds. The van der Waals surface area contributed by atoms with E-state index in [4.69, 9.17) is 20.9 Å². The van der Waals surface area contributed by atoms with Crippen molar-refractivity contribution in [3.63, 3.8) is 0 Å². The van der Waals surface area contributed by atoms with Crippen molar-refractivity contribution in [2.75, 3.05) is 27.2 Å². The minimum atomic E-state index is -2.80. The maximum atomic E-state index is 14.9. The van der Waals surface area contributed by atoms with E-state index in [1.54, 1.807) is 30.5 Å². The topological polar surface area (TPSA) is 676 Å². The van der Waals surface area contributed by atoms with E-state index >= 15 is 0 Å². The summed E-state index contributed by atoms with van der Waals surface area (Å²) in [5.41, 5.74) is 12.0. The molecule has 43 nitrogen and oxygen atoms in total. The number of hydrogen-bond donors (Lipinski definition) is 20. The maximum Gasteiger partial charge on any atom is 0.335 e. The molecule has 0 radical (unpaired) electrons. The average molecular weight is 1590 g/mol. The van der Waals surface area contributed by atoms with Gasteiger partial charge in [-0.1, -0.05) is 78.5 Å². The van der Waals surface area contributed by atoms with Crippen LogP contribution in [-0.4, -0.2) is 266 Å². The van der Waals surface area contributed by atoms with Crippen LogP contribution in [0, 0.1) is 17.8 Å². The summed E-state index contributed by atoms with van der Waals surface area (Å²) in [4.78, 5) is 275. The number of nitrogens with two attached hydrogens (primary N) is 2. The number of aromatic amines is 1. The second-order valence-corrected chi connectivity index (χ2v) is 27.6. The van der Waals surface area contributed by atoms with Crippen molar-refractivity contribution in [1.82, 2.24) is 73.7 Å². The van der Waals surface area contributed by atoms with Gasteiger partial charge in [-0.15, -0.1) is 0 Å². The van der Waals surface area contributed by atoms with E-state index in [0.29, 0.717) is 40.1 Å². The number of fused-ring (bicyclic) bond motifs is 1. The van der Waals surface area contributed by atoms with Gasteiger partial charge in [-0.2, -0.15) is 0 Å². The molecule has 1 aliphatic rings. The first-order valence-electron chi connectivity index (χ1n) is 35.6. The van der Waals surface area contributed by atoms with Crippen molar-refractivity contribution in [3.05, 3.63) is 36.0 Å². The third-order valence-electron chi connectivity index (χ3n) is 17.5. The smallest absolute Gasteiger partial charge is 0.335 e. The number of aliphatic hydroxyl groups excluding tert-OH is 1. The summed E-state index contributed by atoms with van der Waals surface area (Å²) >= 11 is 0. The van der Waals surface area contributed by atoms with Gasteiger partial charge in [-0.3, -0.25) is 86.3 Å². The Morgan fingerprint density at radius 2 is 1.21 bits per heavy atom. The minimum absolute atomic E-state index is 0.0266. The SMILES string of the molecule is COC(C(=O)O)C1NC(=O)C(C)NC(=O)C(CC(=O)O)NC(=O)C(C)NC(=O)CN(C)C(=O)C(NC(=O)C(NC(=O)C(CCC(=O)O)NC(=O)C(Cc2c[nH]c3ccccc23)NC(=O)CCCCCCC(C)C)C(O)C(N)=O)C(C)OC(=O)C(C(C)C)NC(=O)C(C(C)CC(=O)O)NC(=O)C(CC(N)=O)NC(=O)CNC1=O. The summed E-state index contributed by atoms with van der Waals surface area (Å²) in [5.74, 6) is -30.7. The number of aliphatic carboxylic acids is 4. The lowest BCUT2D eigenvalue weighted by atomic mass is 9.95. The van der Waals surface area contributed by atoms with Gasteiger partial charge in [-0.25, -0.2) is 9.59 Å². The van der Waals surface area contributed by atoms with E-state index in [1.165, 1.54) is 13.8 Å². The van der Waals surface area contributed by atoms with Crippen molar-refractivity contribution < 1.29 is 131 Å². The summed E-state index contributed by atoms with van der Waals surface area (Å²) in [6.45, 7) is 8.42. The highest BCUT2D eigenvalue weighted by molar-refractivity contribution is 6.02. The monoisotopic (exact) mass is 1590 g/mol. The Hall–Kier alpha value is -11.9. The number of cyclic esters (lactones) is 1. The molecular weight excluding hydrogens is 1480 g/mol. The average Bonchev–Trinajstić information content (AvgIpc) is 1.58. The summed E-state index contributed by atoms with van der Waals surface area (Å²) in [7, 11) is 1.68. The third-order valence-corrected chi connectivity index (χ3v) is 17.5. The number of aliphatic hydroxyl groups is 1.